The van der Waals surface area contributed by atoms with Gasteiger partial charge in [-0.2, -0.15) is 0 Å². The van der Waals surface area contributed by atoms with Gasteiger partial charge in [-0.15, -0.1) is 0 Å². The van der Waals surface area contributed by atoms with Gasteiger partial charge >= 0.3 is 5.97 Å². The van der Waals surface area contributed by atoms with Crippen molar-refractivity contribution in [1.29, 1.82) is 0 Å². The summed E-state index contributed by atoms with van der Waals surface area (Å²) in [6.07, 6.45) is 3.40. The highest BCUT2D eigenvalue weighted by atomic mass is 16.5. The fourth-order valence-electron chi connectivity index (χ4n) is 1.27. The summed E-state index contributed by atoms with van der Waals surface area (Å²) in [5.74, 6) is 0.776. The maximum absolute atomic E-state index is 10.8. The van der Waals surface area contributed by atoms with E-state index in [-0.39, 0.29) is 5.97 Å². The molecule has 0 aliphatic heterocycles. The molecule has 0 saturated heterocycles. The summed E-state index contributed by atoms with van der Waals surface area (Å²) in [5.41, 5.74) is 0. The van der Waals surface area contributed by atoms with E-state index in [4.69, 9.17) is 4.74 Å². The molecule has 76 valence electrons. The van der Waals surface area contributed by atoms with Gasteiger partial charge in [0.05, 0.1) is 6.61 Å². The van der Waals surface area contributed by atoms with E-state index in [0.717, 1.165) is 12.8 Å². The van der Waals surface area contributed by atoms with Crippen molar-refractivity contribution in [3.8, 4) is 0 Å². The number of hydrogen-bond acceptors (Lipinski definition) is 2. The second kappa shape index (κ2) is 6.70. The molecule has 0 aromatic heterocycles. The molecule has 0 N–H and O–H groups in total. The quantitative estimate of drug-likeness (QED) is 0.468. The predicted molar refractivity (Wildman–Crippen MR) is 54.4 cm³/mol. The molecule has 2 unspecified atom stereocenters. The van der Waals surface area contributed by atoms with Gasteiger partial charge < -0.3 is 4.74 Å². The van der Waals surface area contributed by atoms with Crippen molar-refractivity contribution < 1.29 is 9.53 Å². The van der Waals surface area contributed by atoms with E-state index in [2.05, 4.69) is 27.4 Å². The molecule has 0 radical (unpaired) electrons. The third-order valence-corrected chi connectivity index (χ3v) is 2.58. The molecule has 0 spiro atoms. The van der Waals surface area contributed by atoms with Gasteiger partial charge in [0.1, 0.15) is 0 Å². The fourth-order valence-corrected chi connectivity index (χ4v) is 1.27. The molecule has 2 atom stereocenters. The van der Waals surface area contributed by atoms with Gasteiger partial charge in [-0.25, -0.2) is 4.79 Å². The molecule has 0 saturated carbocycles. The highest BCUT2D eigenvalue weighted by molar-refractivity contribution is 5.81. The van der Waals surface area contributed by atoms with Crippen molar-refractivity contribution in [3.05, 3.63) is 12.7 Å². The molecule has 2 heteroatoms. The summed E-state index contributed by atoms with van der Waals surface area (Å²) < 4.78 is 5.01. The highest BCUT2D eigenvalue weighted by Gasteiger charge is 2.14. The van der Waals surface area contributed by atoms with E-state index in [1.807, 2.05) is 0 Å². The Hall–Kier alpha value is -0.790. The van der Waals surface area contributed by atoms with E-state index in [1.165, 1.54) is 6.08 Å². The van der Waals surface area contributed by atoms with Crippen LogP contribution in [0.25, 0.3) is 0 Å². The Balaban J connectivity index is 3.84. The Morgan fingerprint density at radius 3 is 2.46 bits per heavy atom. The molecule has 0 aliphatic carbocycles. The van der Waals surface area contributed by atoms with E-state index in [1.54, 1.807) is 0 Å². The molecule has 0 fully saturated rings. The normalized spacial score (nSPS) is 14.7. The zero-order chi connectivity index (χ0) is 10.3. The molecule has 13 heavy (non-hydrogen) atoms. The summed E-state index contributed by atoms with van der Waals surface area (Å²) >= 11 is 0. The van der Waals surface area contributed by atoms with Crippen molar-refractivity contribution in [2.24, 2.45) is 11.8 Å². The molecule has 0 aliphatic rings. The standard InChI is InChI=1S/C11H20O2/c1-5-9(4)10(6-2)8-13-11(12)7-3/h7,9-10H,3,5-6,8H2,1-2,4H3. The summed E-state index contributed by atoms with van der Waals surface area (Å²) in [7, 11) is 0. The predicted octanol–water partition coefficient (Wildman–Crippen LogP) is 2.79. The summed E-state index contributed by atoms with van der Waals surface area (Å²) in [6, 6.07) is 0. The lowest BCUT2D eigenvalue weighted by atomic mass is 9.90. The average Bonchev–Trinajstić information content (AvgIpc) is 2.17. The molecule has 0 heterocycles. The van der Waals surface area contributed by atoms with Crippen LogP contribution in [-0.2, 0) is 9.53 Å². The van der Waals surface area contributed by atoms with Crippen LogP contribution in [0.2, 0.25) is 0 Å². The van der Waals surface area contributed by atoms with Crippen molar-refractivity contribution in [2.75, 3.05) is 6.61 Å². The Bertz CT molecular complexity index is 163. The number of carbonyl (C=O) groups is 1. The zero-order valence-corrected chi connectivity index (χ0v) is 8.88. The van der Waals surface area contributed by atoms with Crippen molar-refractivity contribution in [2.45, 2.75) is 33.6 Å². The first-order valence-corrected chi connectivity index (χ1v) is 4.94. The van der Waals surface area contributed by atoms with Crippen LogP contribution in [-0.4, -0.2) is 12.6 Å². The van der Waals surface area contributed by atoms with Gasteiger partial charge in [0.25, 0.3) is 0 Å². The van der Waals surface area contributed by atoms with Gasteiger partial charge in [-0.05, 0) is 18.3 Å². The third kappa shape index (κ3) is 4.71. The van der Waals surface area contributed by atoms with Crippen LogP contribution >= 0.6 is 0 Å². The molecule has 0 aromatic rings. The van der Waals surface area contributed by atoms with Crippen LogP contribution in [0.5, 0.6) is 0 Å². The minimum absolute atomic E-state index is 0.318. The topological polar surface area (TPSA) is 26.3 Å². The van der Waals surface area contributed by atoms with Gasteiger partial charge in [0.2, 0.25) is 0 Å². The lowest BCUT2D eigenvalue weighted by molar-refractivity contribution is -0.139. The maximum atomic E-state index is 10.8. The lowest BCUT2D eigenvalue weighted by Crippen LogP contribution is -2.18. The molecule has 2 nitrogen and oxygen atoms in total. The van der Waals surface area contributed by atoms with Gasteiger partial charge in [-0.1, -0.05) is 33.8 Å². The molecule has 0 rings (SSSR count). The van der Waals surface area contributed by atoms with Crippen LogP contribution in [0.15, 0.2) is 12.7 Å². The van der Waals surface area contributed by atoms with E-state index in [9.17, 15) is 4.79 Å². The lowest BCUT2D eigenvalue weighted by Gasteiger charge is -2.20. The van der Waals surface area contributed by atoms with Crippen molar-refractivity contribution in [3.63, 3.8) is 0 Å². The number of carbonyl (C=O) groups excluding carboxylic acids is 1. The molecule has 0 aromatic carbocycles. The first-order chi connectivity index (χ1) is 6.15. The van der Waals surface area contributed by atoms with Crippen LogP contribution in [0.3, 0.4) is 0 Å². The Morgan fingerprint density at radius 1 is 1.46 bits per heavy atom. The van der Waals surface area contributed by atoms with Crippen LogP contribution in [0.1, 0.15) is 33.6 Å². The van der Waals surface area contributed by atoms with E-state index in [0.29, 0.717) is 18.4 Å². The van der Waals surface area contributed by atoms with E-state index >= 15 is 0 Å². The Morgan fingerprint density at radius 2 is 2.08 bits per heavy atom. The molecular weight excluding hydrogens is 164 g/mol. The highest BCUT2D eigenvalue weighted by Crippen LogP contribution is 2.18. The summed E-state index contributed by atoms with van der Waals surface area (Å²) in [6.45, 7) is 10.3. The molecular formula is C11H20O2. The van der Waals surface area contributed by atoms with Gasteiger partial charge in [-0.3, -0.25) is 0 Å². The molecule has 0 bridgehead atoms. The van der Waals surface area contributed by atoms with Crippen molar-refractivity contribution >= 4 is 5.97 Å². The first-order valence-electron chi connectivity index (χ1n) is 4.94. The number of esters is 1. The first kappa shape index (κ1) is 12.2. The SMILES string of the molecule is C=CC(=O)OCC(CC)C(C)CC. The van der Waals surface area contributed by atoms with Crippen molar-refractivity contribution in [1.82, 2.24) is 0 Å². The van der Waals surface area contributed by atoms with Crippen LogP contribution in [0.4, 0.5) is 0 Å². The Labute approximate surface area is 81.0 Å². The van der Waals surface area contributed by atoms with Crippen LogP contribution < -0.4 is 0 Å². The minimum atomic E-state index is -0.318. The number of rotatable bonds is 6. The zero-order valence-electron chi connectivity index (χ0n) is 8.88. The fraction of sp³-hybridized carbons (Fsp3) is 0.727. The van der Waals surface area contributed by atoms with Gasteiger partial charge in [0, 0.05) is 6.08 Å². The average molecular weight is 184 g/mol. The maximum Gasteiger partial charge on any atom is 0.330 e. The van der Waals surface area contributed by atoms with E-state index < -0.39 is 0 Å². The third-order valence-electron chi connectivity index (χ3n) is 2.58. The molecule has 0 amide bonds. The minimum Gasteiger partial charge on any atom is -0.462 e. The summed E-state index contributed by atoms with van der Waals surface area (Å²) in [4.78, 5) is 10.8. The second-order valence-electron chi connectivity index (χ2n) is 3.39. The second-order valence-corrected chi connectivity index (χ2v) is 3.39. The Kier molecular flexibility index (Phi) is 6.29. The number of ether oxygens (including phenoxy) is 1. The smallest absolute Gasteiger partial charge is 0.330 e. The largest absolute Gasteiger partial charge is 0.462 e. The summed E-state index contributed by atoms with van der Waals surface area (Å²) in [5, 5.41) is 0. The number of hydrogen-bond donors (Lipinski definition) is 0. The van der Waals surface area contributed by atoms with Crippen LogP contribution in [0, 0.1) is 11.8 Å². The van der Waals surface area contributed by atoms with Gasteiger partial charge in [0.15, 0.2) is 0 Å². The monoisotopic (exact) mass is 184 g/mol.